The maximum atomic E-state index is 5.95. The van der Waals surface area contributed by atoms with Crippen molar-refractivity contribution in [2.75, 3.05) is 25.5 Å². The van der Waals surface area contributed by atoms with Crippen molar-refractivity contribution in [3.8, 4) is 0 Å². The Bertz CT molecular complexity index is 439. The van der Waals surface area contributed by atoms with Crippen LogP contribution in [0.3, 0.4) is 0 Å². The van der Waals surface area contributed by atoms with Crippen molar-refractivity contribution < 1.29 is 0 Å². The van der Waals surface area contributed by atoms with E-state index in [2.05, 4.69) is 22.6 Å². The molecule has 1 aromatic carbocycles. The number of piperidine rings is 1. The Kier molecular flexibility index (Phi) is 5.28. The molecule has 1 aromatic rings. The third kappa shape index (κ3) is 4.80. The summed E-state index contributed by atoms with van der Waals surface area (Å²) in [6.45, 7) is 2.20. The first-order valence-corrected chi connectivity index (χ1v) is 7.41. The standard InChI is InChI=1S/C13H17Cl2N3S/c1-18-4-2-11(3-5-18)16-13(19)17-12-7-9(14)6-10(15)8-12/h6-8,11H,2-5H2,1H3,(H2,16,17,19). The quantitative estimate of drug-likeness (QED) is 0.818. The molecule has 1 fully saturated rings. The van der Waals surface area contributed by atoms with Gasteiger partial charge in [-0.3, -0.25) is 0 Å². The van der Waals surface area contributed by atoms with Crippen molar-refractivity contribution in [3.63, 3.8) is 0 Å². The zero-order valence-electron chi connectivity index (χ0n) is 10.7. The summed E-state index contributed by atoms with van der Waals surface area (Å²) in [5.41, 5.74) is 0.808. The number of halogens is 2. The third-order valence-corrected chi connectivity index (χ3v) is 3.83. The van der Waals surface area contributed by atoms with Crippen LogP contribution >= 0.6 is 35.4 Å². The first-order valence-electron chi connectivity index (χ1n) is 6.25. The van der Waals surface area contributed by atoms with Gasteiger partial charge in [-0.1, -0.05) is 23.2 Å². The summed E-state index contributed by atoms with van der Waals surface area (Å²) in [7, 11) is 2.14. The first kappa shape index (κ1) is 14.9. The number of nitrogens with zero attached hydrogens (tertiary/aromatic N) is 1. The molecule has 1 aliphatic heterocycles. The Balaban J connectivity index is 1.87. The molecule has 6 heteroatoms. The predicted molar refractivity (Wildman–Crippen MR) is 86.3 cm³/mol. The molecule has 0 bridgehead atoms. The number of nitrogens with one attached hydrogen (secondary N) is 2. The van der Waals surface area contributed by atoms with Crippen molar-refractivity contribution in [1.82, 2.24) is 10.2 Å². The Morgan fingerprint density at radius 3 is 2.37 bits per heavy atom. The van der Waals surface area contributed by atoms with Crippen LogP contribution in [0.2, 0.25) is 10.0 Å². The van der Waals surface area contributed by atoms with E-state index in [-0.39, 0.29) is 0 Å². The van der Waals surface area contributed by atoms with Crippen LogP contribution in [0, 0.1) is 0 Å². The molecule has 0 radical (unpaired) electrons. The van der Waals surface area contributed by atoms with Crippen molar-refractivity contribution >= 4 is 46.2 Å². The molecular weight excluding hydrogens is 301 g/mol. The number of anilines is 1. The summed E-state index contributed by atoms with van der Waals surface area (Å²) in [5.74, 6) is 0. The molecule has 19 heavy (non-hydrogen) atoms. The second kappa shape index (κ2) is 6.75. The van der Waals surface area contributed by atoms with E-state index >= 15 is 0 Å². The second-order valence-corrected chi connectivity index (χ2v) is 6.12. The molecule has 3 nitrogen and oxygen atoms in total. The Labute approximate surface area is 129 Å². The zero-order chi connectivity index (χ0) is 13.8. The van der Waals surface area contributed by atoms with E-state index < -0.39 is 0 Å². The lowest BCUT2D eigenvalue weighted by atomic mass is 10.1. The van der Waals surface area contributed by atoms with Crippen LogP contribution in [0.15, 0.2) is 18.2 Å². The van der Waals surface area contributed by atoms with E-state index in [1.165, 1.54) is 0 Å². The molecular formula is C13H17Cl2N3S. The van der Waals surface area contributed by atoms with Gasteiger partial charge in [-0.2, -0.15) is 0 Å². The summed E-state index contributed by atoms with van der Waals surface area (Å²) in [6.07, 6.45) is 2.21. The molecule has 1 aliphatic rings. The Hall–Kier alpha value is -0.550. The van der Waals surface area contributed by atoms with E-state index in [0.29, 0.717) is 21.2 Å². The summed E-state index contributed by atoms with van der Waals surface area (Å²) < 4.78 is 0. The lowest BCUT2D eigenvalue weighted by molar-refractivity contribution is 0.247. The van der Waals surface area contributed by atoms with Crippen molar-refractivity contribution in [2.24, 2.45) is 0 Å². The highest BCUT2D eigenvalue weighted by atomic mass is 35.5. The largest absolute Gasteiger partial charge is 0.360 e. The van der Waals surface area contributed by atoms with E-state index in [4.69, 9.17) is 35.4 Å². The first-order chi connectivity index (χ1) is 9.02. The minimum Gasteiger partial charge on any atom is -0.360 e. The average molecular weight is 318 g/mol. The third-order valence-electron chi connectivity index (χ3n) is 3.17. The lowest BCUT2D eigenvalue weighted by Crippen LogP contribution is -2.44. The summed E-state index contributed by atoms with van der Waals surface area (Å²) in [6, 6.07) is 5.74. The molecule has 0 unspecified atom stereocenters. The highest BCUT2D eigenvalue weighted by Gasteiger charge is 2.17. The summed E-state index contributed by atoms with van der Waals surface area (Å²) >= 11 is 17.2. The average Bonchev–Trinajstić information content (AvgIpc) is 2.30. The van der Waals surface area contributed by atoms with Gasteiger partial charge in [-0.15, -0.1) is 0 Å². The molecule has 2 N–H and O–H groups in total. The number of hydrogen-bond donors (Lipinski definition) is 2. The van der Waals surface area contributed by atoms with Gasteiger partial charge in [0.25, 0.3) is 0 Å². The van der Waals surface area contributed by atoms with Gasteiger partial charge in [0.15, 0.2) is 5.11 Å². The SMILES string of the molecule is CN1CCC(NC(=S)Nc2cc(Cl)cc(Cl)c2)CC1. The van der Waals surface area contributed by atoms with Gasteiger partial charge in [0, 0.05) is 21.8 Å². The maximum absolute atomic E-state index is 5.95. The molecule has 2 rings (SSSR count). The van der Waals surface area contributed by atoms with Gasteiger partial charge in [-0.25, -0.2) is 0 Å². The molecule has 0 amide bonds. The Morgan fingerprint density at radius 2 is 1.79 bits per heavy atom. The van der Waals surface area contributed by atoms with Crippen LogP contribution in [-0.4, -0.2) is 36.2 Å². The topological polar surface area (TPSA) is 27.3 Å². The van der Waals surface area contributed by atoms with E-state index in [0.717, 1.165) is 31.6 Å². The molecule has 0 spiro atoms. The van der Waals surface area contributed by atoms with Gasteiger partial charge in [0.2, 0.25) is 0 Å². The molecule has 0 saturated carbocycles. The second-order valence-electron chi connectivity index (χ2n) is 4.83. The number of rotatable bonds is 2. The predicted octanol–water partition coefficient (Wildman–Crippen LogP) is 3.37. The van der Waals surface area contributed by atoms with Crippen LogP contribution in [0.5, 0.6) is 0 Å². The summed E-state index contributed by atoms with van der Waals surface area (Å²) in [4.78, 5) is 2.32. The van der Waals surface area contributed by atoms with Gasteiger partial charge in [0.05, 0.1) is 0 Å². The Morgan fingerprint density at radius 1 is 1.21 bits per heavy atom. The summed E-state index contributed by atoms with van der Waals surface area (Å²) in [5, 5.41) is 8.26. The van der Waals surface area contributed by atoms with E-state index in [1.54, 1.807) is 18.2 Å². The molecule has 0 atom stereocenters. The molecule has 104 valence electrons. The number of benzene rings is 1. The van der Waals surface area contributed by atoms with Crippen molar-refractivity contribution in [3.05, 3.63) is 28.2 Å². The number of thiocarbonyl (C=S) groups is 1. The fraction of sp³-hybridized carbons (Fsp3) is 0.462. The lowest BCUT2D eigenvalue weighted by Gasteiger charge is -2.30. The fourth-order valence-corrected chi connectivity index (χ4v) is 2.94. The van der Waals surface area contributed by atoms with Gasteiger partial charge >= 0.3 is 0 Å². The molecule has 1 saturated heterocycles. The minimum absolute atomic E-state index is 0.436. The van der Waals surface area contributed by atoms with Gasteiger partial charge < -0.3 is 15.5 Å². The fourth-order valence-electron chi connectivity index (χ4n) is 2.13. The van der Waals surface area contributed by atoms with Crippen LogP contribution in [0.25, 0.3) is 0 Å². The van der Waals surface area contributed by atoms with Crippen molar-refractivity contribution in [1.29, 1.82) is 0 Å². The highest BCUT2D eigenvalue weighted by molar-refractivity contribution is 7.80. The zero-order valence-corrected chi connectivity index (χ0v) is 13.1. The molecule has 0 aliphatic carbocycles. The minimum atomic E-state index is 0.436. The highest BCUT2D eigenvalue weighted by Crippen LogP contribution is 2.22. The maximum Gasteiger partial charge on any atom is 0.170 e. The van der Waals surface area contributed by atoms with Crippen LogP contribution < -0.4 is 10.6 Å². The van der Waals surface area contributed by atoms with E-state index in [1.807, 2.05) is 0 Å². The van der Waals surface area contributed by atoms with Crippen molar-refractivity contribution in [2.45, 2.75) is 18.9 Å². The van der Waals surface area contributed by atoms with Crippen LogP contribution in [0.1, 0.15) is 12.8 Å². The van der Waals surface area contributed by atoms with E-state index in [9.17, 15) is 0 Å². The monoisotopic (exact) mass is 317 g/mol. The molecule has 0 aromatic heterocycles. The normalized spacial score (nSPS) is 17.2. The van der Waals surface area contributed by atoms with Crippen LogP contribution in [-0.2, 0) is 0 Å². The van der Waals surface area contributed by atoms with Gasteiger partial charge in [0.1, 0.15) is 0 Å². The number of hydrogen-bond acceptors (Lipinski definition) is 2. The molecule has 1 heterocycles. The smallest absolute Gasteiger partial charge is 0.170 e. The number of likely N-dealkylation sites (tertiary alicyclic amines) is 1. The van der Waals surface area contributed by atoms with Crippen LogP contribution in [0.4, 0.5) is 5.69 Å². The van der Waals surface area contributed by atoms with Gasteiger partial charge in [-0.05, 0) is 63.4 Å².